The fourth-order valence-corrected chi connectivity index (χ4v) is 1.71. The molecule has 0 saturated carbocycles. The largest absolute Gasteiger partial charge is 0.466 e. The van der Waals surface area contributed by atoms with Crippen molar-refractivity contribution in [3.05, 3.63) is 28.6 Å². The number of nitrogens with two attached hydrogens (primary N) is 1. The summed E-state index contributed by atoms with van der Waals surface area (Å²) in [5, 5.41) is 0. The molecule has 100 valence electrons. The van der Waals surface area contributed by atoms with Gasteiger partial charge in [0.1, 0.15) is 5.69 Å². The monoisotopic (exact) mass is 258 g/mol. The van der Waals surface area contributed by atoms with Gasteiger partial charge in [-0.15, -0.1) is 0 Å². The first-order chi connectivity index (χ1) is 8.49. The number of nitrogens with zero attached hydrogens (tertiary/aromatic N) is 1. The summed E-state index contributed by atoms with van der Waals surface area (Å²) in [5.41, 5.74) is 6.70. The Morgan fingerprint density at radius 2 is 2.22 bits per heavy atom. The summed E-state index contributed by atoms with van der Waals surface area (Å²) in [6.45, 7) is 3.69. The molecule has 0 unspecified atom stereocenters. The molecule has 4 nitrogen and oxygen atoms in total. The van der Waals surface area contributed by atoms with Crippen LogP contribution in [-0.2, 0) is 22.5 Å². The SMILES string of the molecule is CCOC(=O)Cc1cc(C(F)F)nc(C)c1CN. The van der Waals surface area contributed by atoms with Crippen LogP contribution in [0.3, 0.4) is 0 Å². The number of hydrogen-bond acceptors (Lipinski definition) is 4. The topological polar surface area (TPSA) is 65.2 Å². The molecule has 18 heavy (non-hydrogen) atoms. The number of aryl methyl sites for hydroxylation is 1. The lowest BCUT2D eigenvalue weighted by Gasteiger charge is -2.12. The van der Waals surface area contributed by atoms with Gasteiger partial charge in [0.05, 0.1) is 13.0 Å². The van der Waals surface area contributed by atoms with Crippen molar-refractivity contribution in [1.29, 1.82) is 0 Å². The Hall–Kier alpha value is -1.56. The number of halogens is 2. The molecule has 0 fully saturated rings. The predicted molar refractivity (Wildman–Crippen MR) is 62.2 cm³/mol. The summed E-state index contributed by atoms with van der Waals surface area (Å²) in [5.74, 6) is -0.460. The number of pyridine rings is 1. The zero-order chi connectivity index (χ0) is 13.7. The summed E-state index contributed by atoms with van der Waals surface area (Å²) in [7, 11) is 0. The van der Waals surface area contributed by atoms with E-state index in [9.17, 15) is 13.6 Å². The molecule has 1 rings (SSSR count). The van der Waals surface area contributed by atoms with Gasteiger partial charge < -0.3 is 10.5 Å². The minimum absolute atomic E-state index is 0.0660. The lowest BCUT2D eigenvalue weighted by molar-refractivity contribution is -0.142. The molecular weight excluding hydrogens is 242 g/mol. The fourth-order valence-electron chi connectivity index (χ4n) is 1.71. The molecule has 2 N–H and O–H groups in total. The van der Waals surface area contributed by atoms with Gasteiger partial charge in [-0.25, -0.2) is 8.78 Å². The van der Waals surface area contributed by atoms with Crippen molar-refractivity contribution in [1.82, 2.24) is 4.98 Å². The first kappa shape index (κ1) is 14.5. The maximum atomic E-state index is 12.6. The van der Waals surface area contributed by atoms with Crippen LogP contribution in [-0.4, -0.2) is 17.6 Å². The Balaban J connectivity index is 3.10. The van der Waals surface area contributed by atoms with E-state index in [-0.39, 0.29) is 25.3 Å². The van der Waals surface area contributed by atoms with Crippen LogP contribution < -0.4 is 5.73 Å². The van der Waals surface area contributed by atoms with Crippen LogP contribution >= 0.6 is 0 Å². The van der Waals surface area contributed by atoms with Crippen LogP contribution in [0.5, 0.6) is 0 Å². The van der Waals surface area contributed by atoms with Crippen LogP contribution in [0, 0.1) is 6.92 Å². The third-order valence-electron chi connectivity index (χ3n) is 2.51. The molecular formula is C12H16F2N2O2. The van der Waals surface area contributed by atoms with Crippen molar-refractivity contribution in [2.45, 2.75) is 33.2 Å². The molecule has 0 aliphatic heterocycles. The van der Waals surface area contributed by atoms with Crippen molar-refractivity contribution in [2.75, 3.05) is 6.61 Å². The number of carbonyl (C=O) groups excluding carboxylic acids is 1. The van der Waals surface area contributed by atoms with Gasteiger partial charge >= 0.3 is 5.97 Å². The second-order valence-electron chi connectivity index (χ2n) is 3.76. The van der Waals surface area contributed by atoms with Crippen molar-refractivity contribution in [3.8, 4) is 0 Å². The molecule has 1 aromatic rings. The molecule has 0 aromatic carbocycles. The van der Waals surface area contributed by atoms with Gasteiger partial charge in [-0.1, -0.05) is 0 Å². The van der Waals surface area contributed by atoms with E-state index >= 15 is 0 Å². The van der Waals surface area contributed by atoms with E-state index in [2.05, 4.69) is 4.98 Å². The predicted octanol–water partition coefficient (Wildman–Crippen LogP) is 1.89. The van der Waals surface area contributed by atoms with Gasteiger partial charge in [-0.05, 0) is 31.0 Å². The molecule has 0 amide bonds. The third kappa shape index (κ3) is 3.46. The average molecular weight is 258 g/mol. The maximum Gasteiger partial charge on any atom is 0.310 e. The summed E-state index contributed by atoms with van der Waals surface area (Å²) >= 11 is 0. The first-order valence-electron chi connectivity index (χ1n) is 5.62. The molecule has 0 aliphatic carbocycles. The van der Waals surface area contributed by atoms with Gasteiger partial charge in [0.25, 0.3) is 6.43 Å². The molecule has 0 aliphatic rings. The zero-order valence-electron chi connectivity index (χ0n) is 10.4. The number of esters is 1. The van der Waals surface area contributed by atoms with Crippen LogP contribution in [0.2, 0.25) is 0 Å². The van der Waals surface area contributed by atoms with Gasteiger partial charge in [-0.3, -0.25) is 9.78 Å². The van der Waals surface area contributed by atoms with Crippen molar-refractivity contribution < 1.29 is 18.3 Å². The highest BCUT2D eigenvalue weighted by Gasteiger charge is 2.17. The molecule has 1 heterocycles. The Labute approximate surface area is 104 Å². The molecule has 6 heteroatoms. The lowest BCUT2D eigenvalue weighted by atomic mass is 10.0. The van der Waals surface area contributed by atoms with Crippen LogP contribution in [0.15, 0.2) is 6.07 Å². The summed E-state index contributed by atoms with van der Waals surface area (Å²) < 4.78 is 30.1. The highest BCUT2D eigenvalue weighted by Crippen LogP contribution is 2.22. The number of carbonyl (C=O) groups is 1. The highest BCUT2D eigenvalue weighted by atomic mass is 19.3. The molecule has 0 bridgehead atoms. The highest BCUT2D eigenvalue weighted by molar-refractivity contribution is 5.73. The van der Waals surface area contributed by atoms with Gasteiger partial charge in [0.15, 0.2) is 0 Å². The standard InChI is InChI=1S/C12H16F2N2O2/c1-3-18-11(17)5-8-4-10(12(13)14)16-7(2)9(8)6-15/h4,12H,3,5-6,15H2,1-2H3. The van der Waals surface area contributed by atoms with E-state index in [0.29, 0.717) is 16.8 Å². The molecule has 0 saturated heterocycles. The Morgan fingerprint density at radius 3 is 2.72 bits per heavy atom. The van der Waals surface area contributed by atoms with E-state index in [1.54, 1.807) is 13.8 Å². The Morgan fingerprint density at radius 1 is 1.56 bits per heavy atom. The Bertz CT molecular complexity index is 436. The Kier molecular flexibility index (Phi) is 5.15. The number of ether oxygens (including phenoxy) is 1. The summed E-state index contributed by atoms with van der Waals surface area (Å²) in [4.78, 5) is 15.2. The number of rotatable bonds is 5. The van der Waals surface area contributed by atoms with Crippen molar-refractivity contribution in [2.24, 2.45) is 5.73 Å². The van der Waals surface area contributed by atoms with Crippen LogP contribution in [0.4, 0.5) is 8.78 Å². The third-order valence-corrected chi connectivity index (χ3v) is 2.51. The number of hydrogen-bond donors (Lipinski definition) is 1. The molecule has 0 spiro atoms. The van der Waals surface area contributed by atoms with Gasteiger partial charge in [-0.2, -0.15) is 0 Å². The number of aromatic nitrogens is 1. The molecule has 0 radical (unpaired) electrons. The second kappa shape index (κ2) is 6.39. The number of alkyl halides is 2. The van der Waals surface area contributed by atoms with Crippen LogP contribution in [0.1, 0.15) is 35.9 Å². The van der Waals surface area contributed by atoms with Crippen molar-refractivity contribution in [3.63, 3.8) is 0 Å². The van der Waals surface area contributed by atoms with Crippen molar-refractivity contribution >= 4 is 5.97 Å². The smallest absolute Gasteiger partial charge is 0.310 e. The molecule has 0 atom stereocenters. The van der Waals surface area contributed by atoms with E-state index in [0.717, 1.165) is 0 Å². The summed E-state index contributed by atoms with van der Waals surface area (Å²) in [6, 6.07) is 1.22. The van der Waals surface area contributed by atoms with E-state index in [1.165, 1.54) is 6.07 Å². The minimum Gasteiger partial charge on any atom is -0.466 e. The van der Waals surface area contributed by atoms with Gasteiger partial charge in [0, 0.05) is 12.2 Å². The lowest BCUT2D eigenvalue weighted by Crippen LogP contribution is -2.14. The van der Waals surface area contributed by atoms with E-state index in [4.69, 9.17) is 10.5 Å². The molecule has 1 aromatic heterocycles. The first-order valence-corrected chi connectivity index (χ1v) is 5.62. The normalized spacial score (nSPS) is 10.8. The minimum atomic E-state index is -2.67. The zero-order valence-corrected chi connectivity index (χ0v) is 10.4. The average Bonchev–Trinajstić information content (AvgIpc) is 2.28. The maximum absolute atomic E-state index is 12.6. The fraction of sp³-hybridized carbons (Fsp3) is 0.500. The van der Waals surface area contributed by atoms with E-state index < -0.39 is 12.4 Å². The van der Waals surface area contributed by atoms with Gasteiger partial charge in [0.2, 0.25) is 0 Å². The second-order valence-corrected chi connectivity index (χ2v) is 3.76. The van der Waals surface area contributed by atoms with Crippen LogP contribution in [0.25, 0.3) is 0 Å². The van der Waals surface area contributed by atoms with E-state index in [1.807, 2.05) is 0 Å². The summed E-state index contributed by atoms with van der Waals surface area (Å²) in [6.07, 6.45) is -2.74. The quantitative estimate of drug-likeness (QED) is 0.819.